The van der Waals surface area contributed by atoms with E-state index in [1.165, 1.54) is 11.8 Å². The zero-order valence-electron chi connectivity index (χ0n) is 22.0. The van der Waals surface area contributed by atoms with Gasteiger partial charge in [-0.15, -0.1) is 0 Å². The Morgan fingerprint density at radius 3 is 2.24 bits per heavy atom. The first kappa shape index (κ1) is 27.4. The fourth-order valence-electron chi connectivity index (χ4n) is 6.43. The monoisotopic (exact) mass is 573 g/mol. The summed E-state index contributed by atoms with van der Waals surface area (Å²) in [5.41, 5.74) is 1.47. The molecule has 2 saturated heterocycles. The lowest BCUT2D eigenvalue weighted by Gasteiger charge is -2.41. The third kappa shape index (κ3) is 4.50. The van der Waals surface area contributed by atoms with Crippen LogP contribution in [0.25, 0.3) is 0 Å². The fourth-order valence-corrected chi connectivity index (χ4v) is 8.31. The number of thioether (sulfide) groups is 1. The third-order valence-corrected chi connectivity index (χ3v) is 10.0. The van der Waals surface area contributed by atoms with Crippen molar-refractivity contribution >= 4 is 52.0 Å². The van der Waals surface area contributed by atoms with Crippen molar-refractivity contribution in [2.24, 2.45) is 10.9 Å². The van der Waals surface area contributed by atoms with Crippen LogP contribution in [0.2, 0.25) is 10.0 Å². The lowest BCUT2D eigenvalue weighted by molar-refractivity contribution is -0.150. The van der Waals surface area contributed by atoms with E-state index in [-0.39, 0.29) is 30.0 Å². The van der Waals surface area contributed by atoms with Crippen LogP contribution in [0.5, 0.6) is 0 Å². The Morgan fingerprint density at radius 1 is 1.08 bits per heavy atom. The SMILES string of the molecule is CC[C@@H]1CC[C@@H](C(=O)O)N1C(=O)C1SC2=N[C@@](C)(c3ccc(Cl)cc3)[C@@H](c3ccc(Cl)cc3)N2C1C(C)C. The molecular formula is C29H33Cl2N3O3S. The third-order valence-electron chi connectivity index (χ3n) is 8.28. The number of carbonyl (C=O) groups excluding carboxylic acids is 1. The van der Waals surface area contributed by atoms with E-state index in [0.717, 1.165) is 29.1 Å². The van der Waals surface area contributed by atoms with Crippen LogP contribution < -0.4 is 0 Å². The highest BCUT2D eigenvalue weighted by atomic mass is 35.5. The predicted octanol–water partition coefficient (Wildman–Crippen LogP) is 6.62. The second-order valence-electron chi connectivity index (χ2n) is 10.9. The number of hydrogen-bond donors (Lipinski definition) is 1. The molecular weight excluding hydrogens is 541 g/mol. The van der Waals surface area contributed by atoms with Gasteiger partial charge in [0.15, 0.2) is 5.17 Å². The molecule has 9 heteroatoms. The van der Waals surface area contributed by atoms with E-state index >= 15 is 0 Å². The molecule has 0 aromatic heterocycles. The molecule has 38 heavy (non-hydrogen) atoms. The summed E-state index contributed by atoms with van der Waals surface area (Å²) in [5.74, 6) is -0.895. The molecule has 3 aliphatic rings. The quantitative estimate of drug-likeness (QED) is 0.420. The number of amidine groups is 1. The second-order valence-corrected chi connectivity index (χ2v) is 12.9. The molecule has 0 spiro atoms. The minimum absolute atomic E-state index is 0.0548. The first-order chi connectivity index (χ1) is 18.1. The summed E-state index contributed by atoms with van der Waals surface area (Å²) in [6, 6.07) is 14.5. The van der Waals surface area contributed by atoms with Crippen LogP contribution in [0, 0.1) is 5.92 Å². The number of nitrogens with zero attached hydrogens (tertiary/aromatic N) is 3. The fraction of sp³-hybridized carbons (Fsp3) is 0.483. The van der Waals surface area contributed by atoms with Crippen molar-refractivity contribution < 1.29 is 14.7 Å². The van der Waals surface area contributed by atoms with E-state index in [9.17, 15) is 14.7 Å². The van der Waals surface area contributed by atoms with Gasteiger partial charge in [-0.05, 0) is 67.5 Å². The summed E-state index contributed by atoms with van der Waals surface area (Å²) in [7, 11) is 0. The van der Waals surface area contributed by atoms with Gasteiger partial charge < -0.3 is 14.9 Å². The molecule has 0 aliphatic carbocycles. The molecule has 2 fully saturated rings. The molecule has 2 aromatic carbocycles. The minimum Gasteiger partial charge on any atom is -0.480 e. The van der Waals surface area contributed by atoms with Gasteiger partial charge in [0, 0.05) is 16.1 Å². The Kier molecular flexibility index (Phi) is 7.48. The van der Waals surface area contributed by atoms with Crippen molar-refractivity contribution in [3.05, 3.63) is 69.7 Å². The Bertz CT molecular complexity index is 1250. The number of carboxylic acid groups (broad SMARTS) is 1. The Labute approximate surface area is 238 Å². The van der Waals surface area contributed by atoms with Gasteiger partial charge in [0.2, 0.25) is 5.91 Å². The number of rotatable bonds is 6. The number of fused-ring (bicyclic) bond motifs is 1. The molecule has 3 aliphatic heterocycles. The van der Waals surface area contributed by atoms with Crippen LogP contribution in [0.1, 0.15) is 64.1 Å². The maximum absolute atomic E-state index is 14.2. The average Bonchev–Trinajstić information content (AvgIpc) is 3.54. The van der Waals surface area contributed by atoms with Crippen LogP contribution in [0.15, 0.2) is 53.5 Å². The number of halogens is 2. The van der Waals surface area contributed by atoms with Crippen LogP contribution in [-0.4, -0.2) is 55.3 Å². The van der Waals surface area contributed by atoms with E-state index in [1.54, 1.807) is 4.90 Å². The molecule has 202 valence electrons. The molecule has 0 saturated carbocycles. The molecule has 6 nitrogen and oxygen atoms in total. The number of benzene rings is 2. The molecule has 0 bridgehead atoms. The summed E-state index contributed by atoms with van der Waals surface area (Å²) in [4.78, 5) is 35.5. The summed E-state index contributed by atoms with van der Waals surface area (Å²) < 4.78 is 0. The van der Waals surface area contributed by atoms with Gasteiger partial charge in [0.25, 0.3) is 0 Å². The highest BCUT2D eigenvalue weighted by Gasteiger charge is 2.58. The molecule has 2 aromatic rings. The average molecular weight is 575 g/mol. The Hall–Kier alpha value is -2.22. The smallest absolute Gasteiger partial charge is 0.326 e. The lowest BCUT2D eigenvalue weighted by atomic mass is 9.80. The molecule has 0 radical (unpaired) electrons. The van der Waals surface area contributed by atoms with Gasteiger partial charge in [0.05, 0.1) is 12.1 Å². The van der Waals surface area contributed by atoms with Crippen molar-refractivity contribution in [1.82, 2.24) is 9.80 Å². The van der Waals surface area contributed by atoms with Gasteiger partial charge in [-0.3, -0.25) is 4.79 Å². The normalized spacial score (nSPS) is 30.6. The standard InChI is InChI=1S/C29H33Cl2N3O3S/c1-5-21-14-15-22(27(36)37)33(21)26(35)24-23(16(2)3)34-25(17-6-10-19(30)11-7-17)29(4,32-28(34)38-24)18-8-12-20(31)13-9-18/h6-13,16,21-25H,5,14-15H2,1-4H3,(H,36,37)/t21-,22+,23?,24?,25-,29+/m1/s1. The van der Waals surface area contributed by atoms with E-state index in [2.05, 4.69) is 25.7 Å². The predicted molar refractivity (Wildman–Crippen MR) is 154 cm³/mol. The van der Waals surface area contributed by atoms with Crippen molar-refractivity contribution in [2.45, 2.75) is 81.9 Å². The molecule has 1 N–H and O–H groups in total. The Morgan fingerprint density at radius 2 is 1.68 bits per heavy atom. The zero-order chi connectivity index (χ0) is 27.4. The molecule has 3 heterocycles. The van der Waals surface area contributed by atoms with Crippen LogP contribution >= 0.6 is 35.0 Å². The number of aliphatic carboxylic acids is 1. The van der Waals surface area contributed by atoms with Crippen molar-refractivity contribution in [2.75, 3.05) is 0 Å². The summed E-state index contributed by atoms with van der Waals surface area (Å²) in [6.07, 6.45) is 1.96. The topological polar surface area (TPSA) is 73.2 Å². The van der Waals surface area contributed by atoms with Gasteiger partial charge in [0.1, 0.15) is 16.8 Å². The summed E-state index contributed by atoms with van der Waals surface area (Å²) in [5, 5.41) is 11.6. The first-order valence-corrected chi connectivity index (χ1v) is 14.8. The molecule has 6 atom stereocenters. The van der Waals surface area contributed by atoms with E-state index in [4.69, 9.17) is 28.2 Å². The number of amides is 1. The van der Waals surface area contributed by atoms with Gasteiger partial charge in [-0.2, -0.15) is 0 Å². The second kappa shape index (κ2) is 10.4. The van der Waals surface area contributed by atoms with Crippen molar-refractivity contribution in [3.63, 3.8) is 0 Å². The number of aliphatic imine (C=N–C) groups is 1. The molecule has 2 unspecified atom stereocenters. The molecule has 5 rings (SSSR count). The number of hydrogen-bond acceptors (Lipinski definition) is 5. The number of carboxylic acids is 1. The van der Waals surface area contributed by atoms with Crippen molar-refractivity contribution in [1.29, 1.82) is 0 Å². The maximum atomic E-state index is 14.2. The summed E-state index contributed by atoms with van der Waals surface area (Å²) >= 11 is 14.0. The lowest BCUT2D eigenvalue weighted by Crippen LogP contribution is -2.53. The van der Waals surface area contributed by atoms with Crippen LogP contribution in [-0.2, 0) is 15.1 Å². The van der Waals surface area contributed by atoms with Gasteiger partial charge in [-0.25, -0.2) is 9.79 Å². The van der Waals surface area contributed by atoms with Crippen molar-refractivity contribution in [3.8, 4) is 0 Å². The maximum Gasteiger partial charge on any atom is 0.326 e. The van der Waals surface area contributed by atoms with Gasteiger partial charge >= 0.3 is 5.97 Å². The highest BCUT2D eigenvalue weighted by Crippen LogP contribution is 2.55. The largest absolute Gasteiger partial charge is 0.480 e. The number of likely N-dealkylation sites (tertiary alicyclic amines) is 1. The summed E-state index contributed by atoms with van der Waals surface area (Å²) in [6.45, 7) is 8.40. The minimum atomic E-state index is -0.925. The van der Waals surface area contributed by atoms with E-state index < -0.39 is 22.8 Å². The first-order valence-electron chi connectivity index (χ1n) is 13.2. The van der Waals surface area contributed by atoms with E-state index in [0.29, 0.717) is 16.5 Å². The van der Waals surface area contributed by atoms with E-state index in [1.807, 2.05) is 55.5 Å². The van der Waals surface area contributed by atoms with Gasteiger partial charge in [-0.1, -0.05) is 80.0 Å². The number of carbonyl (C=O) groups is 2. The Balaban J connectivity index is 1.60. The highest BCUT2D eigenvalue weighted by molar-refractivity contribution is 8.15. The zero-order valence-corrected chi connectivity index (χ0v) is 24.3. The molecule has 1 amide bonds. The van der Waals surface area contributed by atoms with Crippen LogP contribution in [0.3, 0.4) is 0 Å². The van der Waals surface area contributed by atoms with Crippen LogP contribution in [0.4, 0.5) is 0 Å².